The van der Waals surface area contributed by atoms with Crippen LogP contribution in [0, 0.1) is 12.8 Å². The Balaban J connectivity index is 2.53. The van der Waals surface area contributed by atoms with Gasteiger partial charge in [0.15, 0.2) is 0 Å². The van der Waals surface area contributed by atoms with Gasteiger partial charge in [-0.15, -0.1) is 0 Å². The van der Waals surface area contributed by atoms with E-state index in [0.29, 0.717) is 30.6 Å². The van der Waals surface area contributed by atoms with Gasteiger partial charge in [0.1, 0.15) is 23.4 Å². The molecule has 3 amide bonds. The van der Waals surface area contributed by atoms with Crippen molar-refractivity contribution in [1.29, 1.82) is 0 Å². The Labute approximate surface area is 252 Å². The molecule has 0 heterocycles. The highest BCUT2D eigenvalue weighted by molar-refractivity contribution is 5.99. The summed E-state index contributed by atoms with van der Waals surface area (Å²) in [5.41, 5.74) is 1.28. The number of hydrogen-bond acceptors (Lipinski definition) is 5. The van der Waals surface area contributed by atoms with Gasteiger partial charge < -0.3 is 25.4 Å². The number of hydrogen-bond donors (Lipinski definition) is 3. The van der Waals surface area contributed by atoms with Crippen LogP contribution in [0.3, 0.4) is 0 Å². The van der Waals surface area contributed by atoms with Crippen LogP contribution in [-0.2, 0) is 14.3 Å². The first-order valence-electron chi connectivity index (χ1n) is 15.3. The highest BCUT2D eigenvalue weighted by atomic mass is 16.6. The number of carbonyl (C=O) groups is 3. The molecule has 0 aromatic heterocycles. The molecule has 0 radical (unpaired) electrons. The maximum atomic E-state index is 14.4. The lowest BCUT2D eigenvalue weighted by molar-refractivity contribution is -0.142. The Morgan fingerprint density at radius 3 is 2.24 bits per heavy atom. The van der Waals surface area contributed by atoms with Crippen molar-refractivity contribution in [3.63, 3.8) is 0 Å². The molecule has 232 valence electrons. The lowest BCUT2D eigenvalue weighted by Crippen LogP contribution is -2.55. The monoisotopic (exact) mass is 581 g/mol. The number of alkyl carbamates (subject to hydrolysis) is 1. The maximum absolute atomic E-state index is 14.4. The predicted octanol–water partition coefficient (Wildman–Crippen LogP) is 7.51. The van der Waals surface area contributed by atoms with Gasteiger partial charge in [-0.3, -0.25) is 9.59 Å². The normalized spacial score (nSPS) is 13.5. The number of carbonyl (C=O) groups excluding carboxylic acids is 3. The van der Waals surface area contributed by atoms with Gasteiger partial charge in [-0.05, 0) is 69.4 Å². The number of aryl methyl sites for hydroxylation is 1. The highest BCUT2D eigenvalue weighted by Crippen LogP contribution is 2.29. The molecule has 3 N–H and O–H groups in total. The first-order chi connectivity index (χ1) is 19.9. The summed E-state index contributed by atoms with van der Waals surface area (Å²) < 4.78 is 5.50. The molecule has 0 fully saturated rings. The van der Waals surface area contributed by atoms with E-state index in [1.165, 1.54) is 12.1 Å². The quantitative estimate of drug-likeness (QED) is 0.189. The molecular formula is C34H51N3O5. The van der Waals surface area contributed by atoms with Crippen LogP contribution in [0.25, 0.3) is 0 Å². The van der Waals surface area contributed by atoms with E-state index in [-0.39, 0.29) is 17.6 Å². The lowest BCUT2D eigenvalue weighted by atomic mass is 9.95. The number of ether oxygens (including phenoxy) is 1. The topological polar surface area (TPSA) is 108 Å². The van der Waals surface area contributed by atoms with E-state index in [1.807, 2.05) is 45.0 Å². The first-order valence-corrected chi connectivity index (χ1v) is 15.3. The zero-order valence-electron chi connectivity index (χ0n) is 26.5. The molecule has 0 aliphatic heterocycles. The molecule has 0 spiro atoms. The zero-order valence-corrected chi connectivity index (χ0v) is 26.5. The summed E-state index contributed by atoms with van der Waals surface area (Å²) in [4.78, 5) is 42.9. The molecule has 42 heavy (non-hydrogen) atoms. The minimum atomic E-state index is -1.04. The van der Waals surface area contributed by atoms with Crippen LogP contribution in [0.4, 0.5) is 10.5 Å². The minimum Gasteiger partial charge on any atom is -0.508 e. The Bertz CT molecular complexity index is 1160. The molecule has 3 unspecified atom stereocenters. The predicted molar refractivity (Wildman–Crippen MR) is 168 cm³/mol. The number of para-hydroxylation sites is 1. The van der Waals surface area contributed by atoms with E-state index in [1.54, 1.807) is 37.8 Å². The number of phenols is 1. The second-order valence-electron chi connectivity index (χ2n) is 12.1. The summed E-state index contributed by atoms with van der Waals surface area (Å²) >= 11 is 0. The van der Waals surface area contributed by atoms with Crippen molar-refractivity contribution in [2.75, 3.05) is 11.9 Å². The van der Waals surface area contributed by atoms with E-state index in [0.717, 1.165) is 37.7 Å². The molecule has 0 aliphatic rings. The number of aromatic hydroxyl groups is 1. The van der Waals surface area contributed by atoms with Gasteiger partial charge in [-0.2, -0.15) is 0 Å². The van der Waals surface area contributed by atoms with Crippen molar-refractivity contribution in [1.82, 2.24) is 10.2 Å². The van der Waals surface area contributed by atoms with Crippen molar-refractivity contribution in [3.05, 3.63) is 59.7 Å². The summed E-state index contributed by atoms with van der Waals surface area (Å²) in [5, 5.41) is 16.2. The Morgan fingerprint density at radius 1 is 0.952 bits per heavy atom. The molecule has 0 saturated carbocycles. The summed E-state index contributed by atoms with van der Waals surface area (Å²) in [7, 11) is 0. The van der Waals surface area contributed by atoms with Gasteiger partial charge in [-0.25, -0.2) is 4.79 Å². The van der Waals surface area contributed by atoms with Crippen LogP contribution in [0.5, 0.6) is 5.75 Å². The molecule has 3 atom stereocenters. The number of phenolic OH excluding ortho intramolecular Hbond substituents is 1. The third-order valence-corrected chi connectivity index (χ3v) is 7.34. The molecule has 0 aliphatic carbocycles. The van der Waals surface area contributed by atoms with Gasteiger partial charge in [0, 0.05) is 12.2 Å². The fourth-order valence-corrected chi connectivity index (χ4v) is 4.81. The largest absolute Gasteiger partial charge is 0.508 e. The Kier molecular flexibility index (Phi) is 13.8. The van der Waals surface area contributed by atoms with Gasteiger partial charge in [0.05, 0.1) is 0 Å². The third kappa shape index (κ3) is 11.0. The second-order valence-corrected chi connectivity index (χ2v) is 12.1. The summed E-state index contributed by atoms with van der Waals surface area (Å²) in [6.45, 7) is 13.6. The number of unbranched alkanes of at least 4 members (excludes halogenated alkanes) is 5. The smallest absolute Gasteiger partial charge is 0.408 e. The third-order valence-electron chi connectivity index (χ3n) is 7.34. The minimum absolute atomic E-state index is 0.00138. The number of amides is 3. The number of nitrogens with one attached hydrogen (secondary N) is 2. The summed E-state index contributed by atoms with van der Waals surface area (Å²) in [5.74, 6) is -0.980. The highest BCUT2D eigenvalue weighted by Gasteiger charge is 2.38. The fourth-order valence-electron chi connectivity index (χ4n) is 4.81. The second kappa shape index (κ2) is 16.8. The van der Waals surface area contributed by atoms with Crippen molar-refractivity contribution in [2.24, 2.45) is 5.92 Å². The van der Waals surface area contributed by atoms with E-state index in [4.69, 9.17) is 4.74 Å². The molecule has 8 nitrogen and oxygen atoms in total. The van der Waals surface area contributed by atoms with E-state index in [9.17, 15) is 19.5 Å². The van der Waals surface area contributed by atoms with Gasteiger partial charge in [0.2, 0.25) is 5.91 Å². The zero-order chi connectivity index (χ0) is 31.3. The van der Waals surface area contributed by atoms with Gasteiger partial charge in [0.25, 0.3) is 5.91 Å². The molecular weight excluding hydrogens is 530 g/mol. The number of anilines is 1. The molecule has 0 bridgehead atoms. The Hall–Kier alpha value is -3.55. The van der Waals surface area contributed by atoms with Crippen molar-refractivity contribution >= 4 is 23.6 Å². The fraction of sp³-hybridized carbons (Fsp3) is 0.559. The maximum Gasteiger partial charge on any atom is 0.408 e. The van der Waals surface area contributed by atoms with Crippen molar-refractivity contribution < 1.29 is 24.2 Å². The van der Waals surface area contributed by atoms with Gasteiger partial charge in [-0.1, -0.05) is 89.6 Å². The number of rotatable bonds is 15. The van der Waals surface area contributed by atoms with Crippen LogP contribution < -0.4 is 10.6 Å². The van der Waals surface area contributed by atoms with Crippen LogP contribution in [0.15, 0.2) is 48.5 Å². The van der Waals surface area contributed by atoms with Crippen molar-refractivity contribution in [2.45, 2.75) is 111 Å². The van der Waals surface area contributed by atoms with Crippen LogP contribution >= 0.6 is 0 Å². The first kappa shape index (κ1) is 34.7. The average Bonchev–Trinajstić information content (AvgIpc) is 2.92. The SMILES string of the molecule is CCCCCCCCN(C(=O)C(NC(=O)OC(C)(C)C)C(C)CC)C(C(=O)Nc1ccccc1C)c1cccc(O)c1. The molecule has 2 aromatic carbocycles. The summed E-state index contributed by atoms with van der Waals surface area (Å²) in [6.07, 6.45) is 5.99. The van der Waals surface area contributed by atoms with E-state index >= 15 is 0 Å². The van der Waals surface area contributed by atoms with Gasteiger partial charge >= 0.3 is 6.09 Å². The van der Waals surface area contributed by atoms with Crippen LogP contribution in [0.2, 0.25) is 0 Å². The average molecular weight is 582 g/mol. The molecule has 8 heteroatoms. The summed E-state index contributed by atoms with van der Waals surface area (Å²) in [6, 6.07) is 12.0. The van der Waals surface area contributed by atoms with Crippen LogP contribution in [0.1, 0.15) is 104 Å². The lowest BCUT2D eigenvalue weighted by Gasteiger charge is -2.36. The Morgan fingerprint density at radius 2 is 1.62 bits per heavy atom. The van der Waals surface area contributed by atoms with Crippen molar-refractivity contribution in [3.8, 4) is 5.75 Å². The van der Waals surface area contributed by atoms with E-state index < -0.39 is 29.7 Å². The molecule has 2 aromatic rings. The molecule has 2 rings (SSSR count). The molecule has 0 saturated heterocycles. The number of benzene rings is 2. The standard InChI is InChI=1S/C34H51N3O5/c1-8-10-11-12-13-16-22-37(32(40)29(24(3)9-2)36-33(41)42-34(5,6)7)30(26-19-17-20-27(38)23-26)31(39)35-28-21-15-14-18-25(28)4/h14-15,17-21,23-24,29-30,38H,8-13,16,22H2,1-7H3,(H,35,39)(H,36,41). The number of nitrogens with zero attached hydrogens (tertiary/aromatic N) is 1. The van der Waals surface area contributed by atoms with Crippen LogP contribution in [-0.4, -0.2) is 46.1 Å². The van der Waals surface area contributed by atoms with E-state index in [2.05, 4.69) is 17.6 Å².